The van der Waals surface area contributed by atoms with E-state index in [4.69, 9.17) is 0 Å². The molecule has 1 saturated heterocycles. The first-order chi connectivity index (χ1) is 14.1. The quantitative estimate of drug-likeness (QED) is 0.604. The number of alkyl halides is 3. The molecular weight excluding hydrogens is 396 g/mol. The van der Waals surface area contributed by atoms with Gasteiger partial charge in [0.25, 0.3) is 0 Å². The highest BCUT2D eigenvalue weighted by molar-refractivity contribution is 5.83. The van der Waals surface area contributed by atoms with Crippen LogP contribution in [0.15, 0.2) is 18.2 Å². The smallest absolute Gasteiger partial charge is 0.352 e. The fourth-order valence-electron chi connectivity index (χ4n) is 5.25. The molecule has 1 saturated carbocycles. The minimum Gasteiger partial charge on any atom is -0.352 e. The molecular formula is C23H32F4N2O. The van der Waals surface area contributed by atoms with Crippen LogP contribution < -0.4 is 5.32 Å². The number of nitrogens with zero attached hydrogens (tertiary/aromatic N) is 1. The third-order valence-electron chi connectivity index (χ3n) is 6.51. The van der Waals surface area contributed by atoms with Gasteiger partial charge in [0.05, 0.1) is 11.0 Å². The number of halogens is 4. The van der Waals surface area contributed by atoms with Gasteiger partial charge in [0.1, 0.15) is 5.82 Å². The van der Waals surface area contributed by atoms with Crippen molar-refractivity contribution in [3.05, 3.63) is 35.1 Å². The SMILES string of the molecule is CC(C)CC1(C(=O)NCc2cc(F)cc(C(F)(F)F)c2)CCC(N2CCCCC2)C1. The van der Waals surface area contributed by atoms with Gasteiger partial charge < -0.3 is 10.2 Å². The van der Waals surface area contributed by atoms with E-state index >= 15 is 0 Å². The zero-order valence-corrected chi connectivity index (χ0v) is 17.8. The third-order valence-corrected chi connectivity index (χ3v) is 6.51. The van der Waals surface area contributed by atoms with E-state index in [9.17, 15) is 22.4 Å². The van der Waals surface area contributed by atoms with Crippen molar-refractivity contribution >= 4 is 5.91 Å². The van der Waals surface area contributed by atoms with Gasteiger partial charge in [0.15, 0.2) is 0 Å². The lowest BCUT2D eigenvalue weighted by molar-refractivity contribution is -0.137. The summed E-state index contributed by atoms with van der Waals surface area (Å²) in [7, 11) is 0. The maximum absolute atomic E-state index is 13.7. The molecule has 1 aromatic rings. The molecule has 30 heavy (non-hydrogen) atoms. The molecule has 2 aliphatic rings. The molecule has 2 fully saturated rings. The number of benzene rings is 1. The monoisotopic (exact) mass is 428 g/mol. The van der Waals surface area contributed by atoms with Crippen molar-refractivity contribution in [2.24, 2.45) is 11.3 Å². The molecule has 0 spiro atoms. The van der Waals surface area contributed by atoms with Crippen LogP contribution in [0.2, 0.25) is 0 Å². The van der Waals surface area contributed by atoms with Crippen LogP contribution in [0.5, 0.6) is 0 Å². The normalized spacial score (nSPS) is 25.6. The fraction of sp³-hybridized carbons (Fsp3) is 0.696. The van der Waals surface area contributed by atoms with Crippen LogP contribution in [0.25, 0.3) is 0 Å². The summed E-state index contributed by atoms with van der Waals surface area (Å²) in [6.45, 7) is 6.23. The first-order valence-electron chi connectivity index (χ1n) is 11.0. The topological polar surface area (TPSA) is 32.3 Å². The second kappa shape index (κ2) is 9.25. The molecule has 1 aliphatic carbocycles. The van der Waals surface area contributed by atoms with Crippen LogP contribution in [-0.4, -0.2) is 29.9 Å². The molecule has 7 heteroatoms. The van der Waals surface area contributed by atoms with E-state index in [-0.39, 0.29) is 18.0 Å². The highest BCUT2D eigenvalue weighted by Crippen LogP contribution is 2.45. The van der Waals surface area contributed by atoms with E-state index in [2.05, 4.69) is 24.1 Å². The molecule has 1 aromatic carbocycles. The lowest BCUT2D eigenvalue weighted by atomic mass is 9.77. The Balaban J connectivity index is 1.70. The number of carbonyl (C=O) groups is 1. The first kappa shape index (κ1) is 23.0. The van der Waals surface area contributed by atoms with Crippen LogP contribution in [0, 0.1) is 17.2 Å². The van der Waals surface area contributed by atoms with Crippen molar-refractivity contribution in [2.45, 2.75) is 77.6 Å². The Bertz CT molecular complexity index is 743. The van der Waals surface area contributed by atoms with Gasteiger partial charge in [0.2, 0.25) is 5.91 Å². The molecule has 0 aromatic heterocycles. The number of carbonyl (C=O) groups excluding carboxylic acids is 1. The zero-order chi connectivity index (χ0) is 21.9. The number of likely N-dealkylation sites (tertiary alicyclic amines) is 1. The van der Waals surface area contributed by atoms with Gasteiger partial charge in [-0.2, -0.15) is 13.2 Å². The van der Waals surface area contributed by atoms with Crippen molar-refractivity contribution in [3.8, 4) is 0 Å². The van der Waals surface area contributed by atoms with E-state index in [1.807, 2.05) is 0 Å². The summed E-state index contributed by atoms with van der Waals surface area (Å²) in [6.07, 6.45) is 2.32. The standard InChI is InChI=1S/C23H32F4N2O/c1-16(2)13-22(7-6-20(14-22)29-8-4-3-5-9-29)21(30)28-15-17-10-18(23(25,26)27)12-19(24)11-17/h10-12,16,20H,3-9,13-15H2,1-2H3,(H,28,30). The number of nitrogens with one attached hydrogen (secondary N) is 1. The molecule has 1 heterocycles. The lowest BCUT2D eigenvalue weighted by Crippen LogP contribution is -2.43. The second-order valence-electron chi connectivity index (χ2n) is 9.40. The van der Waals surface area contributed by atoms with Crippen LogP contribution in [0.4, 0.5) is 17.6 Å². The lowest BCUT2D eigenvalue weighted by Gasteiger charge is -2.35. The summed E-state index contributed by atoms with van der Waals surface area (Å²) in [6, 6.07) is 2.83. The summed E-state index contributed by atoms with van der Waals surface area (Å²) < 4.78 is 52.5. The van der Waals surface area contributed by atoms with Gasteiger partial charge in [-0.15, -0.1) is 0 Å². The Kier molecular flexibility index (Phi) is 7.10. The number of rotatable bonds is 6. The Morgan fingerprint density at radius 3 is 2.53 bits per heavy atom. The van der Waals surface area contributed by atoms with E-state index < -0.39 is 23.0 Å². The molecule has 3 rings (SSSR count). The fourth-order valence-corrected chi connectivity index (χ4v) is 5.25. The average molecular weight is 429 g/mol. The van der Waals surface area contributed by atoms with E-state index in [0.717, 1.165) is 50.9 Å². The molecule has 0 radical (unpaired) electrons. The number of hydrogen-bond acceptors (Lipinski definition) is 2. The van der Waals surface area contributed by atoms with Crippen LogP contribution in [0.3, 0.4) is 0 Å². The minimum absolute atomic E-state index is 0.103. The molecule has 3 nitrogen and oxygen atoms in total. The maximum Gasteiger partial charge on any atom is 0.416 e. The van der Waals surface area contributed by atoms with Crippen molar-refractivity contribution in [3.63, 3.8) is 0 Å². The van der Waals surface area contributed by atoms with Gasteiger partial charge in [0, 0.05) is 12.6 Å². The molecule has 1 amide bonds. The van der Waals surface area contributed by atoms with Gasteiger partial charge in [-0.1, -0.05) is 20.3 Å². The van der Waals surface area contributed by atoms with Crippen molar-refractivity contribution in [2.75, 3.05) is 13.1 Å². The number of piperidine rings is 1. The van der Waals surface area contributed by atoms with Crippen LogP contribution >= 0.6 is 0 Å². The van der Waals surface area contributed by atoms with Gasteiger partial charge >= 0.3 is 6.18 Å². The minimum atomic E-state index is -4.62. The first-order valence-corrected chi connectivity index (χ1v) is 11.0. The predicted molar refractivity (Wildman–Crippen MR) is 108 cm³/mol. The Morgan fingerprint density at radius 1 is 1.20 bits per heavy atom. The molecule has 2 unspecified atom stereocenters. The highest BCUT2D eigenvalue weighted by Gasteiger charge is 2.46. The highest BCUT2D eigenvalue weighted by atomic mass is 19.4. The van der Waals surface area contributed by atoms with Crippen molar-refractivity contribution < 1.29 is 22.4 Å². The van der Waals surface area contributed by atoms with E-state index in [1.54, 1.807) is 0 Å². The third kappa shape index (κ3) is 5.54. The Morgan fingerprint density at radius 2 is 1.90 bits per heavy atom. The van der Waals surface area contributed by atoms with E-state index in [1.165, 1.54) is 19.3 Å². The molecule has 1 aliphatic heterocycles. The van der Waals surface area contributed by atoms with Gasteiger partial charge in [-0.25, -0.2) is 4.39 Å². The van der Waals surface area contributed by atoms with Crippen LogP contribution in [0.1, 0.15) is 69.9 Å². The molecule has 1 N–H and O–H groups in total. The van der Waals surface area contributed by atoms with Crippen LogP contribution in [-0.2, 0) is 17.5 Å². The second-order valence-corrected chi connectivity index (χ2v) is 9.40. The zero-order valence-electron chi connectivity index (χ0n) is 17.8. The maximum atomic E-state index is 13.7. The number of amides is 1. The Labute approximate surface area is 176 Å². The summed E-state index contributed by atoms with van der Waals surface area (Å²) in [4.78, 5) is 15.7. The summed E-state index contributed by atoms with van der Waals surface area (Å²) >= 11 is 0. The number of hydrogen-bond donors (Lipinski definition) is 1. The molecule has 2 atom stereocenters. The molecule has 168 valence electrons. The Hall–Kier alpha value is -1.63. The summed E-state index contributed by atoms with van der Waals surface area (Å²) in [5, 5.41) is 2.82. The summed E-state index contributed by atoms with van der Waals surface area (Å²) in [5.74, 6) is -0.729. The van der Waals surface area contributed by atoms with Crippen molar-refractivity contribution in [1.82, 2.24) is 10.2 Å². The van der Waals surface area contributed by atoms with Crippen molar-refractivity contribution in [1.29, 1.82) is 0 Å². The summed E-state index contributed by atoms with van der Waals surface area (Å²) in [5.41, 5.74) is -1.41. The van der Waals surface area contributed by atoms with E-state index in [0.29, 0.717) is 18.0 Å². The van der Waals surface area contributed by atoms with Gasteiger partial charge in [-0.3, -0.25) is 4.79 Å². The molecule has 0 bridgehead atoms. The van der Waals surface area contributed by atoms with Gasteiger partial charge in [-0.05, 0) is 81.3 Å². The average Bonchev–Trinajstić information content (AvgIpc) is 3.10. The largest absolute Gasteiger partial charge is 0.416 e. The predicted octanol–water partition coefficient (Wildman–Crippen LogP) is 5.53.